The lowest BCUT2D eigenvalue weighted by Crippen LogP contribution is -2.44. The summed E-state index contributed by atoms with van der Waals surface area (Å²) < 4.78 is 24.0. The van der Waals surface area contributed by atoms with Crippen LogP contribution in [0.1, 0.15) is 92.6 Å². The van der Waals surface area contributed by atoms with E-state index in [1.54, 1.807) is 0 Å². The van der Waals surface area contributed by atoms with Crippen LogP contribution in [-0.4, -0.2) is 73.5 Å². The van der Waals surface area contributed by atoms with Crippen molar-refractivity contribution in [1.29, 1.82) is 0 Å². The highest BCUT2D eigenvalue weighted by atomic mass is 16.7. The van der Waals surface area contributed by atoms with Gasteiger partial charge in [0.25, 0.3) is 0 Å². The van der Waals surface area contributed by atoms with E-state index in [0.717, 1.165) is 63.9 Å². The molecule has 2 heterocycles. The first-order valence-electron chi connectivity index (χ1n) is 15.4. The molecule has 1 N–H and O–H groups in total. The quantitative estimate of drug-likeness (QED) is 0.180. The van der Waals surface area contributed by atoms with Crippen molar-refractivity contribution in [2.45, 2.75) is 117 Å². The molecule has 0 radical (unpaired) electrons. The largest absolute Gasteiger partial charge is 0.461 e. The molecule has 0 amide bonds. The Kier molecular flexibility index (Phi) is 11.9. The molecule has 0 bridgehead atoms. The predicted octanol–water partition coefficient (Wildman–Crippen LogP) is 5.40. The van der Waals surface area contributed by atoms with E-state index in [0.29, 0.717) is 12.8 Å². The van der Waals surface area contributed by atoms with E-state index in [9.17, 15) is 9.59 Å². The van der Waals surface area contributed by atoms with Gasteiger partial charge in [-0.1, -0.05) is 43.2 Å². The number of hydrogen-bond acceptors (Lipinski definition) is 8. The van der Waals surface area contributed by atoms with Gasteiger partial charge in [0.15, 0.2) is 0 Å². The Labute approximate surface area is 248 Å². The van der Waals surface area contributed by atoms with Crippen molar-refractivity contribution in [2.75, 3.05) is 32.7 Å². The number of nitrogens with one attached hydrogen (secondary N) is 1. The maximum absolute atomic E-state index is 13.9. The molecule has 8 nitrogen and oxygen atoms in total. The third kappa shape index (κ3) is 10.4. The van der Waals surface area contributed by atoms with Gasteiger partial charge in [0.2, 0.25) is 0 Å². The number of piperazine rings is 1. The van der Waals surface area contributed by atoms with Gasteiger partial charge >= 0.3 is 19.1 Å². The van der Waals surface area contributed by atoms with E-state index in [-0.39, 0.29) is 43.3 Å². The maximum atomic E-state index is 13.9. The Morgan fingerprint density at radius 3 is 2.17 bits per heavy atom. The second-order valence-electron chi connectivity index (χ2n) is 13.7. The van der Waals surface area contributed by atoms with Crippen molar-refractivity contribution < 1.29 is 28.4 Å². The lowest BCUT2D eigenvalue weighted by molar-refractivity contribution is -0.174. The van der Waals surface area contributed by atoms with E-state index >= 15 is 0 Å². The standard InChI is InChI=1S/C32H53BN2O6/c1-29(2,3)39-28(37)32(17-13-21-35-22-19-34-20-23-35,24-27(36)38-25-26-14-9-8-10-15-26)16-11-12-18-33-40-30(4,5)31(6,7)41-33/h8-10,14-15,34H,11-13,16-25H2,1-7H3. The molecule has 1 aromatic rings. The molecule has 2 saturated heterocycles. The van der Waals surface area contributed by atoms with Crippen LogP contribution in [-0.2, 0) is 35.0 Å². The first kappa shape index (κ1) is 33.6. The zero-order valence-corrected chi connectivity index (χ0v) is 26.6. The summed E-state index contributed by atoms with van der Waals surface area (Å²) in [5.41, 5.74) is -1.43. The molecular formula is C32H53BN2O6. The van der Waals surface area contributed by atoms with Gasteiger partial charge in [-0.15, -0.1) is 0 Å². The van der Waals surface area contributed by atoms with Crippen molar-refractivity contribution in [3.8, 4) is 0 Å². The molecule has 3 rings (SSSR count). The number of esters is 2. The van der Waals surface area contributed by atoms with Crippen LogP contribution < -0.4 is 5.32 Å². The molecule has 0 aliphatic carbocycles. The number of carbonyl (C=O) groups excluding carboxylic acids is 2. The molecule has 1 atom stereocenters. The summed E-state index contributed by atoms with van der Waals surface area (Å²) in [5, 5.41) is 3.39. The first-order valence-corrected chi connectivity index (χ1v) is 15.4. The van der Waals surface area contributed by atoms with Crippen LogP contribution in [0.3, 0.4) is 0 Å². The maximum Gasteiger partial charge on any atom is 0.457 e. The minimum atomic E-state index is -0.953. The molecule has 230 valence electrons. The van der Waals surface area contributed by atoms with E-state index in [1.807, 2.05) is 51.1 Å². The lowest BCUT2D eigenvalue weighted by Gasteiger charge is -2.35. The summed E-state index contributed by atoms with van der Waals surface area (Å²) in [5.74, 6) is -0.676. The number of benzene rings is 1. The molecule has 2 aliphatic rings. The summed E-state index contributed by atoms with van der Waals surface area (Å²) in [6, 6.07) is 9.63. The molecule has 1 unspecified atom stereocenters. The molecule has 0 spiro atoms. The van der Waals surface area contributed by atoms with Crippen LogP contribution in [0.5, 0.6) is 0 Å². The van der Waals surface area contributed by atoms with Crippen molar-refractivity contribution in [1.82, 2.24) is 10.2 Å². The van der Waals surface area contributed by atoms with Crippen molar-refractivity contribution in [3.05, 3.63) is 35.9 Å². The molecule has 2 fully saturated rings. The fourth-order valence-corrected chi connectivity index (χ4v) is 5.46. The third-order valence-electron chi connectivity index (χ3n) is 8.54. The SMILES string of the molecule is CC(C)(C)OC(=O)C(CCCCB1OC(C)(C)C(C)(C)O1)(CCCN1CCNCC1)CC(=O)OCc1ccccc1. The summed E-state index contributed by atoms with van der Waals surface area (Å²) in [6.07, 6.45) is 4.24. The highest BCUT2D eigenvalue weighted by molar-refractivity contribution is 6.45. The Morgan fingerprint density at radius 2 is 1.56 bits per heavy atom. The lowest BCUT2D eigenvalue weighted by atomic mass is 9.74. The first-order chi connectivity index (χ1) is 19.2. The third-order valence-corrected chi connectivity index (χ3v) is 8.54. The summed E-state index contributed by atoms with van der Waals surface area (Å²) in [6.45, 7) is 18.9. The van der Waals surface area contributed by atoms with Crippen LogP contribution in [0.2, 0.25) is 6.32 Å². The van der Waals surface area contributed by atoms with Gasteiger partial charge in [-0.05, 0) is 86.2 Å². The van der Waals surface area contributed by atoms with Gasteiger partial charge in [-0.2, -0.15) is 0 Å². The average Bonchev–Trinajstić information content (AvgIpc) is 3.11. The second kappa shape index (κ2) is 14.5. The zero-order chi connectivity index (χ0) is 30.2. The van der Waals surface area contributed by atoms with Crippen molar-refractivity contribution in [2.24, 2.45) is 5.41 Å². The van der Waals surface area contributed by atoms with Gasteiger partial charge in [0, 0.05) is 26.2 Å². The topological polar surface area (TPSA) is 86.3 Å². The van der Waals surface area contributed by atoms with Crippen LogP contribution in [0, 0.1) is 5.41 Å². The minimum Gasteiger partial charge on any atom is -0.461 e. The van der Waals surface area contributed by atoms with Gasteiger partial charge in [0.05, 0.1) is 23.0 Å². The van der Waals surface area contributed by atoms with Crippen LogP contribution >= 0.6 is 0 Å². The Hall–Kier alpha value is -1.94. The normalized spacial score (nSPS) is 20.4. The molecule has 2 aliphatic heterocycles. The summed E-state index contributed by atoms with van der Waals surface area (Å²) in [4.78, 5) is 29.6. The van der Waals surface area contributed by atoms with Gasteiger partial charge in [-0.3, -0.25) is 9.59 Å². The zero-order valence-electron chi connectivity index (χ0n) is 26.6. The van der Waals surface area contributed by atoms with Crippen molar-refractivity contribution >= 4 is 19.1 Å². The number of ether oxygens (including phenoxy) is 2. The highest BCUT2D eigenvalue weighted by Gasteiger charge is 2.50. The summed E-state index contributed by atoms with van der Waals surface area (Å²) in [7, 11) is -0.278. The number of nitrogens with zero attached hydrogens (tertiary/aromatic N) is 1. The van der Waals surface area contributed by atoms with Crippen LogP contribution in [0.15, 0.2) is 30.3 Å². The average molecular weight is 573 g/mol. The molecule has 0 saturated carbocycles. The minimum absolute atomic E-state index is 0.00674. The van der Waals surface area contributed by atoms with Gasteiger partial charge in [0.1, 0.15) is 12.2 Å². The molecule has 1 aromatic carbocycles. The molecule has 41 heavy (non-hydrogen) atoms. The Bertz CT molecular complexity index is 958. The number of hydrogen-bond donors (Lipinski definition) is 1. The van der Waals surface area contributed by atoms with Gasteiger partial charge < -0.3 is 29.0 Å². The van der Waals surface area contributed by atoms with E-state index in [4.69, 9.17) is 18.8 Å². The number of carbonyl (C=O) groups is 2. The number of unbranched alkanes of at least 4 members (excludes halogenated alkanes) is 1. The van der Waals surface area contributed by atoms with E-state index in [2.05, 4.69) is 37.9 Å². The summed E-state index contributed by atoms with van der Waals surface area (Å²) >= 11 is 0. The Morgan fingerprint density at radius 1 is 0.951 bits per heavy atom. The van der Waals surface area contributed by atoms with Gasteiger partial charge in [-0.25, -0.2) is 0 Å². The smallest absolute Gasteiger partial charge is 0.457 e. The monoisotopic (exact) mass is 572 g/mol. The highest BCUT2D eigenvalue weighted by Crippen LogP contribution is 2.40. The molecular weight excluding hydrogens is 519 g/mol. The number of rotatable bonds is 14. The van der Waals surface area contributed by atoms with Crippen LogP contribution in [0.25, 0.3) is 0 Å². The predicted molar refractivity (Wildman–Crippen MR) is 162 cm³/mol. The van der Waals surface area contributed by atoms with E-state index < -0.39 is 11.0 Å². The Balaban J connectivity index is 1.71. The second-order valence-corrected chi connectivity index (χ2v) is 13.7. The fraction of sp³-hybridized carbons (Fsp3) is 0.750. The molecule has 9 heteroatoms. The van der Waals surface area contributed by atoms with Crippen molar-refractivity contribution in [3.63, 3.8) is 0 Å². The van der Waals surface area contributed by atoms with E-state index in [1.165, 1.54) is 0 Å². The fourth-order valence-electron chi connectivity index (χ4n) is 5.46. The molecule has 0 aromatic heterocycles. The van der Waals surface area contributed by atoms with Crippen LogP contribution in [0.4, 0.5) is 0 Å².